The highest BCUT2D eigenvalue weighted by Gasteiger charge is 2.17. The van der Waals surface area contributed by atoms with Crippen molar-refractivity contribution >= 4 is 0 Å². The Hall–Kier alpha value is -0.820. The summed E-state index contributed by atoms with van der Waals surface area (Å²) in [6.45, 7) is 2.29. The molecular weight excluding hydrogens is 242 g/mol. The molecule has 20 heavy (non-hydrogen) atoms. The van der Waals surface area contributed by atoms with Gasteiger partial charge in [-0.1, -0.05) is 82.2 Å². The maximum atomic E-state index is 3.97. The lowest BCUT2D eigenvalue weighted by Crippen LogP contribution is -2.33. The van der Waals surface area contributed by atoms with Crippen LogP contribution < -0.4 is 5.32 Å². The predicted molar refractivity (Wildman–Crippen MR) is 88.0 cm³/mol. The minimum atomic E-state index is 0.556. The molecule has 1 aliphatic carbocycles. The van der Waals surface area contributed by atoms with Gasteiger partial charge in [0.15, 0.2) is 0 Å². The summed E-state index contributed by atoms with van der Waals surface area (Å²) in [7, 11) is 0. The second kappa shape index (κ2) is 9.18. The Bertz CT molecular complexity index is 338. The van der Waals surface area contributed by atoms with Crippen LogP contribution in [0.25, 0.3) is 0 Å². The maximum Gasteiger partial charge on any atom is 0.0322 e. The van der Waals surface area contributed by atoms with Crippen molar-refractivity contribution < 1.29 is 0 Å². The first kappa shape index (κ1) is 15.6. The Morgan fingerprint density at radius 2 is 1.65 bits per heavy atom. The van der Waals surface area contributed by atoms with Gasteiger partial charge in [-0.3, -0.25) is 0 Å². The van der Waals surface area contributed by atoms with E-state index in [9.17, 15) is 0 Å². The molecule has 1 N–H and O–H groups in total. The lowest BCUT2D eigenvalue weighted by atomic mass is 9.94. The third-order valence-corrected chi connectivity index (χ3v) is 4.59. The van der Waals surface area contributed by atoms with Crippen molar-refractivity contribution in [2.45, 2.75) is 83.2 Å². The summed E-state index contributed by atoms with van der Waals surface area (Å²) in [5.74, 6) is 0. The molecule has 0 saturated heterocycles. The van der Waals surface area contributed by atoms with Gasteiger partial charge in [-0.05, 0) is 24.8 Å². The molecule has 0 aromatic heterocycles. The third-order valence-electron chi connectivity index (χ3n) is 4.59. The lowest BCUT2D eigenvalue weighted by molar-refractivity contribution is 0.341. The molecule has 0 bridgehead atoms. The lowest BCUT2D eigenvalue weighted by Gasteiger charge is -2.27. The smallest absolute Gasteiger partial charge is 0.0322 e. The van der Waals surface area contributed by atoms with Gasteiger partial charge < -0.3 is 5.32 Å². The van der Waals surface area contributed by atoms with E-state index >= 15 is 0 Å². The van der Waals surface area contributed by atoms with E-state index in [1.807, 2.05) is 0 Å². The van der Waals surface area contributed by atoms with Crippen molar-refractivity contribution in [2.24, 2.45) is 0 Å². The molecule has 0 amide bonds. The number of unbranched alkanes of at least 4 members (excludes halogenated alkanes) is 1. The van der Waals surface area contributed by atoms with E-state index in [1.165, 1.54) is 69.8 Å². The summed E-state index contributed by atoms with van der Waals surface area (Å²) in [4.78, 5) is 0. The molecule has 1 atom stereocenters. The van der Waals surface area contributed by atoms with E-state index in [-0.39, 0.29) is 0 Å². The molecule has 1 aromatic rings. The van der Waals surface area contributed by atoms with E-state index in [1.54, 1.807) is 0 Å². The topological polar surface area (TPSA) is 12.0 Å². The highest BCUT2D eigenvalue weighted by atomic mass is 14.9. The summed E-state index contributed by atoms with van der Waals surface area (Å²) in [6.07, 6.45) is 13.8. The van der Waals surface area contributed by atoms with Gasteiger partial charge in [0.05, 0.1) is 0 Å². The number of rotatable bonds is 6. The normalized spacial score (nSPS) is 19.2. The van der Waals surface area contributed by atoms with Crippen molar-refractivity contribution in [3.05, 3.63) is 35.9 Å². The van der Waals surface area contributed by atoms with Crippen LogP contribution in [-0.2, 0) is 0 Å². The number of nitrogens with one attached hydrogen (secondary N) is 1. The predicted octanol–water partition coefficient (Wildman–Crippen LogP) is 5.62. The fourth-order valence-electron chi connectivity index (χ4n) is 3.35. The quantitative estimate of drug-likeness (QED) is 0.709. The van der Waals surface area contributed by atoms with Crippen LogP contribution in [-0.4, -0.2) is 6.04 Å². The molecule has 0 radical (unpaired) electrons. The van der Waals surface area contributed by atoms with Gasteiger partial charge in [-0.25, -0.2) is 0 Å². The van der Waals surface area contributed by atoms with Crippen LogP contribution in [0.1, 0.15) is 82.7 Å². The Balaban J connectivity index is 1.95. The minimum Gasteiger partial charge on any atom is -0.307 e. The fourth-order valence-corrected chi connectivity index (χ4v) is 3.35. The van der Waals surface area contributed by atoms with Crippen molar-refractivity contribution in [2.75, 3.05) is 0 Å². The van der Waals surface area contributed by atoms with Crippen LogP contribution in [0.3, 0.4) is 0 Å². The second-order valence-electron chi connectivity index (χ2n) is 6.31. The third kappa shape index (κ3) is 5.28. The molecule has 0 heterocycles. The number of hydrogen-bond acceptors (Lipinski definition) is 1. The molecule has 1 heteroatoms. The highest BCUT2D eigenvalue weighted by Crippen LogP contribution is 2.24. The zero-order valence-electron chi connectivity index (χ0n) is 13.1. The molecule has 0 spiro atoms. The Morgan fingerprint density at radius 1 is 1.00 bits per heavy atom. The van der Waals surface area contributed by atoms with Crippen LogP contribution in [0.5, 0.6) is 0 Å². The standard InChI is InChI=1S/C19H31N/c1-2-3-16-19(17-12-8-7-9-13-17)20-18-14-10-5-4-6-11-15-18/h7-9,12-13,18-20H,2-6,10-11,14-16H2,1H3. The monoisotopic (exact) mass is 273 g/mol. The molecule has 1 aliphatic rings. The Morgan fingerprint density at radius 3 is 2.30 bits per heavy atom. The summed E-state index contributed by atoms with van der Waals surface area (Å²) in [5.41, 5.74) is 1.48. The summed E-state index contributed by atoms with van der Waals surface area (Å²) < 4.78 is 0. The van der Waals surface area contributed by atoms with Crippen molar-refractivity contribution in [3.63, 3.8) is 0 Å². The first-order chi connectivity index (χ1) is 9.90. The van der Waals surface area contributed by atoms with Crippen molar-refractivity contribution in [1.29, 1.82) is 0 Å². The molecule has 1 fully saturated rings. The highest BCUT2D eigenvalue weighted by molar-refractivity contribution is 5.19. The van der Waals surface area contributed by atoms with Crippen LogP contribution in [0, 0.1) is 0 Å². The van der Waals surface area contributed by atoms with E-state index in [0.717, 1.165) is 6.04 Å². The van der Waals surface area contributed by atoms with Gasteiger partial charge in [0.1, 0.15) is 0 Å². The molecule has 112 valence electrons. The van der Waals surface area contributed by atoms with Crippen LogP contribution >= 0.6 is 0 Å². The SMILES string of the molecule is CCCCC(NC1CCCCCCC1)c1ccccc1. The zero-order chi connectivity index (χ0) is 14.0. The Kier molecular flexibility index (Phi) is 7.14. The largest absolute Gasteiger partial charge is 0.307 e. The summed E-state index contributed by atoms with van der Waals surface area (Å²) in [5, 5.41) is 3.97. The molecule has 1 aromatic carbocycles. The van der Waals surface area contributed by atoms with Gasteiger partial charge in [0.25, 0.3) is 0 Å². The first-order valence-electron chi connectivity index (χ1n) is 8.71. The molecule has 1 saturated carbocycles. The molecule has 1 unspecified atom stereocenters. The molecular formula is C19H31N. The molecule has 1 nitrogen and oxygen atoms in total. The zero-order valence-corrected chi connectivity index (χ0v) is 13.1. The summed E-state index contributed by atoms with van der Waals surface area (Å²) in [6, 6.07) is 12.3. The van der Waals surface area contributed by atoms with Gasteiger partial charge in [0.2, 0.25) is 0 Å². The van der Waals surface area contributed by atoms with Crippen LogP contribution in [0.4, 0.5) is 0 Å². The molecule has 2 rings (SSSR count). The van der Waals surface area contributed by atoms with Crippen molar-refractivity contribution in [3.8, 4) is 0 Å². The van der Waals surface area contributed by atoms with E-state index in [4.69, 9.17) is 0 Å². The Labute approximate surface area is 125 Å². The van der Waals surface area contributed by atoms with Crippen LogP contribution in [0.2, 0.25) is 0 Å². The number of hydrogen-bond donors (Lipinski definition) is 1. The first-order valence-corrected chi connectivity index (χ1v) is 8.71. The average molecular weight is 273 g/mol. The van der Waals surface area contributed by atoms with Crippen molar-refractivity contribution in [1.82, 2.24) is 5.32 Å². The maximum absolute atomic E-state index is 3.97. The van der Waals surface area contributed by atoms with Crippen LogP contribution in [0.15, 0.2) is 30.3 Å². The fraction of sp³-hybridized carbons (Fsp3) is 0.684. The van der Waals surface area contributed by atoms with Gasteiger partial charge in [-0.2, -0.15) is 0 Å². The van der Waals surface area contributed by atoms with Gasteiger partial charge in [0, 0.05) is 12.1 Å². The average Bonchev–Trinajstić information content (AvgIpc) is 2.46. The van der Waals surface area contributed by atoms with E-state index < -0.39 is 0 Å². The molecule has 0 aliphatic heterocycles. The summed E-state index contributed by atoms with van der Waals surface area (Å²) >= 11 is 0. The number of benzene rings is 1. The van der Waals surface area contributed by atoms with E-state index in [0.29, 0.717) is 6.04 Å². The van der Waals surface area contributed by atoms with E-state index in [2.05, 4.69) is 42.6 Å². The minimum absolute atomic E-state index is 0.556. The van der Waals surface area contributed by atoms with Gasteiger partial charge in [-0.15, -0.1) is 0 Å². The van der Waals surface area contributed by atoms with Gasteiger partial charge >= 0.3 is 0 Å². The second-order valence-corrected chi connectivity index (χ2v) is 6.31.